The van der Waals surface area contributed by atoms with Crippen LogP contribution in [-0.4, -0.2) is 5.87 Å². The molecular formula is C10H11N. The van der Waals surface area contributed by atoms with E-state index in [1.165, 1.54) is 5.56 Å². The molecule has 0 atom stereocenters. The van der Waals surface area contributed by atoms with E-state index in [-0.39, 0.29) is 0 Å². The van der Waals surface area contributed by atoms with Gasteiger partial charge in [-0.3, -0.25) is 5.41 Å². The van der Waals surface area contributed by atoms with Crippen LogP contribution < -0.4 is 10.4 Å². The van der Waals surface area contributed by atoms with E-state index in [4.69, 9.17) is 5.41 Å². The second-order valence-corrected chi connectivity index (χ2v) is 2.74. The molecule has 1 N–H and O–H groups in total. The highest BCUT2D eigenvalue weighted by Crippen LogP contribution is 1.91. The van der Waals surface area contributed by atoms with Crippen LogP contribution in [0.4, 0.5) is 0 Å². The minimum absolute atomic E-state index is 0.815. The third-order valence-corrected chi connectivity index (χ3v) is 1.69. The van der Waals surface area contributed by atoms with Crippen LogP contribution in [0.15, 0.2) is 12.1 Å². The number of aryl methyl sites for hydroxylation is 2. The maximum atomic E-state index is 7.01. The van der Waals surface area contributed by atoms with Gasteiger partial charge in [-0.1, -0.05) is 24.3 Å². The maximum absolute atomic E-state index is 7.01. The molecule has 0 saturated heterocycles. The van der Waals surface area contributed by atoms with E-state index in [1.54, 1.807) is 0 Å². The van der Waals surface area contributed by atoms with Gasteiger partial charge in [-0.05, 0) is 30.5 Å². The van der Waals surface area contributed by atoms with Crippen molar-refractivity contribution >= 4 is 12.4 Å². The summed E-state index contributed by atoms with van der Waals surface area (Å²) in [5, 5.41) is 8.71. The summed E-state index contributed by atoms with van der Waals surface area (Å²) in [4.78, 5) is 0. The minimum Gasteiger partial charge on any atom is -0.258 e. The lowest BCUT2D eigenvalue weighted by atomic mass is 10.1. The zero-order chi connectivity index (χ0) is 8.43. The van der Waals surface area contributed by atoms with Crippen molar-refractivity contribution in [3.05, 3.63) is 33.7 Å². The van der Waals surface area contributed by atoms with E-state index >= 15 is 0 Å². The lowest BCUT2D eigenvalue weighted by Crippen LogP contribution is -2.27. The van der Waals surface area contributed by atoms with E-state index < -0.39 is 0 Å². The normalized spacial score (nSPS) is 9.27. The van der Waals surface area contributed by atoms with Gasteiger partial charge in [-0.15, -0.1) is 0 Å². The lowest BCUT2D eigenvalue weighted by Gasteiger charge is -1.95. The van der Waals surface area contributed by atoms with Gasteiger partial charge < -0.3 is 0 Å². The predicted molar refractivity (Wildman–Crippen MR) is 47.5 cm³/mol. The van der Waals surface area contributed by atoms with Crippen molar-refractivity contribution in [2.24, 2.45) is 0 Å². The fourth-order valence-corrected chi connectivity index (χ4v) is 1.23. The molecule has 0 bridgehead atoms. The second-order valence-electron chi connectivity index (χ2n) is 2.74. The molecule has 0 unspecified atom stereocenters. The maximum Gasteiger partial charge on any atom is 0.0449 e. The molecule has 1 rings (SSSR count). The van der Waals surface area contributed by atoms with Crippen LogP contribution in [0.25, 0.3) is 6.58 Å². The number of nitrogens with one attached hydrogen (secondary N) is 1. The fourth-order valence-electron chi connectivity index (χ4n) is 1.23. The Morgan fingerprint density at radius 3 is 2.45 bits per heavy atom. The van der Waals surface area contributed by atoms with Gasteiger partial charge in [0.2, 0.25) is 0 Å². The summed E-state index contributed by atoms with van der Waals surface area (Å²) < 4.78 is 0. The molecule has 0 fully saturated rings. The minimum atomic E-state index is 0.815. The highest BCUT2D eigenvalue weighted by atomic mass is 14.3. The van der Waals surface area contributed by atoms with E-state index in [0.717, 1.165) is 16.0 Å². The topological polar surface area (TPSA) is 23.9 Å². The van der Waals surface area contributed by atoms with Crippen molar-refractivity contribution in [3.8, 4) is 0 Å². The second kappa shape index (κ2) is 2.73. The van der Waals surface area contributed by atoms with Crippen molar-refractivity contribution in [2.45, 2.75) is 13.8 Å². The monoisotopic (exact) mass is 145 g/mol. The summed E-state index contributed by atoms with van der Waals surface area (Å²) in [7, 11) is 0. The van der Waals surface area contributed by atoms with Crippen LogP contribution in [0.2, 0.25) is 0 Å². The molecule has 0 amide bonds. The molecule has 1 nitrogen and oxygen atoms in total. The van der Waals surface area contributed by atoms with E-state index in [9.17, 15) is 0 Å². The largest absolute Gasteiger partial charge is 0.258 e. The zero-order valence-electron chi connectivity index (χ0n) is 6.86. The Hall–Kier alpha value is -1.33. The van der Waals surface area contributed by atoms with Gasteiger partial charge in [0.25, 0.3) is 0 Å². The molecule has 56 valence electrons. The summed E-state index contributed by atoms with van der Waals surface area (Å²) >= 11 is 0. The lowest BCUT2D eigenvalue weighted by molar-refractivity contribution is 1.32. The molecule has 0 radical (unpaired) electrons. The van der Waals surface area contributed by atoms with Crippen molar-refractivity contribution < 1.29 is 0 Å². The summed E-state index contributed by atoms with van der Waals surface area (Å²) in [6.45, 7) is 7.82. The van der Waals surface area contributed by atoms with Gasteiger partial charge in [0.15, 0.2) is 0 Å². The third kappa shape index (κ3) is 1.39. The molecule has 0 aliphatic heterocycles. The van der Waals surface area contributed by atoms with Crippen LogP contribution in [0.5, 0.6) is 0 Å². The zero-order valence-corrected chi connectivity index (χ0v) is 6.86. The molecule has 0 aliphatic carbocycles. The van der Waals surface area contributed by atoms with Gasteiger partial charge in [0.05, 0.1) is 0 Å². The highest BCUT2D eigenvalue weighted by Gasteiger charge is 1.90. The smallest absolute Gasteiger partial charge is 0.0449 e. The molecule has 0 aliphatic rings. The van der Waals surface area contributed by atoms with Gasteiger partial charge in [0.1, 0.15) is 0 Å². The Morgan fingerprint density at radius 1 is 1.36 bits per heavy atom. The van der Waals surface area contributed by atoms with Gasteiger partial charge in [-0.25, -0.2) is 0 Å². The van der Waals surface area contributed by atoms with E-state index in [2.05, 4.69) is 12.4 Å². The summed E-state index contributed by atoms with van der Waals surface area (Å²) in [6.07, 6.45) is 0. The van der Waals surface area contributed by atoms with Crippen molar-refractivity contribution in [3.63, 3.8) is 0 Å². The van der Waals surface area contributed by atoms with E-state index in [1.807, 2.05) is 26.0 Å². The van der Waals surface area contributed by atoms with Gasteiger partial charge in [0, 0.05) is 5.22 Å². The standard InChI is InChI=1S/C10H11N/c1-7-4-8(2)10(6-11)9(3)5-7/h4-5,11H,2H2,1,3H3. The Kier molecular flexibility index (Phi) is 1.93. The molecule has 1 heteroatoms. The molecule has 1 aromatic carbocycles. The van der Waals surface area contributed by atoms with Crippen LogP contribution in [0.1, 0.15) is 11.1 Å². The average molecular weight is 145 g/mol. The average Bonchev–Trinajstić information content (AvgIpc) is 1.85. The summed E-state index contributed by atoms with van der Waals surface area (Å²) in [5.74, 6) is 2.38. The number of hydrogen-bond donors (Lipinski definition) is 1. The molecule has 0 spiro atoms. The fraction of sp³-hybridized carbons (Fsp3) is 0.200. The highest BCUT2D eigenvalue weighted by molar-refractivity contribution is 5.51. The van der Waals surface area contributed by atoms with Crippen LogP contribution >= 0.6 is 0 Å². The van der Waals surface area contributed by atoms with Crippen LogP contribution in [0, 0.1) is 19.3 Å². The van der Waals surface area contributed by atoms with Crippen LogP contribution in [-0.2, 0) is 0 Å². The van der Waals surface area contributed by atoms with Gasteiger partial charge in [-0.2, -0.15) is 0 Å². The first kappa shape index (κ1) is 7.77. The molecule has 0 aromatic heterocycles. The van der Waals surface area contributed by atoms with Crippen molar-refractivity contribution in [1.82, 2.24) is 0 Å². The Balaban J connectivity index is 3.79. The summed E-state index contributed by atoms with van der Waals surface area (Å²) in [6, 6.07) is 4.00. The Morgan fingerprint density at radius 2 is 2.00 bits per heavy atom. The Bertz CT molecular complexity index is 398. The molecule has 1 aromatic rings. The van der Waals surface area contributed by atoms with Crippen molar-refractivity contribution in [1.29, 1.82) is 5.41 Å². The first-order valence-corrected chi connectivity index (χ1v) is 3.51. The molecular weight excluding hydrogens is 134 g/mol. The van der Waals surface area contributed by atoms with E-state index in [0.29, 0.717) is 0 Å². The number of benzene rings is 1. The molecule has 11 heavy (non-hydrogen) atoms. The van der Waals surface area contributed by atoms with Crippen molar-refractivity contribution in [2.75, 3.05) is 0 Å². The SMILES string of the molecule is C=c1cc(C)cc(C)c1=C=N. The van der Waals surface area contributed by atoms with Crippen LogP contribution in [0.3, 0.4) is 0 Å². The quantitative estimate of drug-likeness (QED) is 0.518. The molecule has 0 saturated carbocycles. The first-order chi connectivity index (χ1) is 5.15. The number of hydrogen-bond acceptors (Lipinski definition) is 1. The van der Waals surface area contributed by atoms with Gasteiger partial charge >= 0.3 is 0 Å². The number of rotatable bonds is 0. The first-order valence-electron chi connectivity index (χ1n) is 3.51. The predicted octanol–water partition coefficient (Wildman–Crippen LogP) is 0.634. The Labute approximate surface area is 66.2 Å². The summed E-state index contributed by atoms with van der Waals surface area (Å²) in [5.41, 5.74) is 2.26. The third-order valence-electron chi connectivity index (χ3n) is 1.69. The molecule has 0 heterocycles.